The highest BCUT2D eigenvalue weighted by Crippen LogP contribution is 2.41. The molecule has 3 atom stereocenters. The van der Waals surface area contributed by atoms with Crippen LogP contribution in [0.4, 0.5) is 0 Å². The molecule has 2 amide bonds. The van der Waals surface area contributed by atoms with Crippen LogP contribution in [0.2, 0.25) is 0 Å². The van der Waals surface area contributed by atoms with E-state index in [1.54, 1.807) is 13.8 Å². The first-order valence-corrected chi connectivity index (χ1v) is 6.57. The molecule has 2 rings (SSSR count). The Balaban J connectivity index is 2.24. The maximum Gasteiger partial charge on any atom is 0.248 e. The Bertz CT molecular complexity index is 351. The van der Waals surface area contributed by atoms with E-state index in [4.69, 9.17) is 0 Å². The molecule has 17 heavy (non-hydrogen) atoms. The fraction of sp³-hybridized carbons (Fsp3) is 0.846. The summed E-state index contributed by atoms with van der Waals surface area (Å²) < 4.78 is 0. The molecule has 1 aliphatic carbocycles. The van der Waals surface area contributed by atoms with Crippen LogP contribution in [0.5, 0.6) is 0 Å². The lowest BCUT2D eigenvalue weighted by atomic mass is 9.95. The van der Waals surface area contributed by atoms with Crippen molar-refractivity contribution in [2.75, 3.05) is 0 Å². The van der Waals surface area contributed by atoms with Crippen molar-refractivity contribution in [3.8, 4) is 0 Å². The monoisotopic (exact) mass is 238 g/mol. The zero-order valence-corrected chi connectivity index (χ0v) is 11.1. The van der Waals surface area contributed by atoms with E-state index >= 15 is 0 Å². The van der Waals surface area contributed by atoms with Gasteiger partial charge >= 0.3 is 0 Å². The van der Waals surface area contributed by atoms with E-state index in [2.05, 4.69) is 12.2 Å². The second-order valence-corrected chi connectivity index (χ2v) is 5.72. The molecule has 3 unspecified atom stereocenters. The summed E-state index contributed by atoms with van der Waals surface area (Å²) in [5, 5.41) is 2.82. The molecular formula is C13H22N2O2. The highest BCUT2D eigenvalue weighted by molar-refractivity contribution is 5.99. The van der Waals surface area contributed by atoms with Gasteiger partial charge in [-0.1, -0.05) is 20.3 Å². The maximum atomic E-state index is 12.4. The van der Waals surface area contributed by atoms with Crippen LogP contribution in [0.1, 0.15) is 47.0 Å². The van der Waals surface area contributed by atoms with Crippen molar-refractivity contribution in [1.82, 2.24) is 10.2 Å². The second kappa shape index (κ2) is 4.00. The van der Waals surface area contributed by atoms with Gasteiger partial charge in [-0.25, -0.2) is 0 Å². The lowest BCUT2D eigenvalue weighted by Crippen LogP contribution is -2.68. The number of hydrogen-bond donors (Lipinski definition) is 1. The van der Waals surface area contributed by atoms with Gasteiger partial charge < -0.3 is 10.2 Å². The van der Waals surface area contributed by atoms with Gasteiger partial charge in [-0.15, -0.1) is 0 Å². The number of amides is 2. The Morgan fingerprint density at radius 2 is 1.94 bits per heavy atom. The van der Waals surface area contributed by atoms with Crippen LogP contribution in [-0.2, 0) is 9.59 Å². The van der Waals surface area contributed by atoms with Crippen molar-refractivity contribution in [3.05, 3.63) is 0 Å². The van der Waals surface area contributed by atoms with Crippen molar-refractivity contribution < 1.29 is 9.59 Å². The van der Waals surface area contributed by atoms with Crippen LogP contribution in [0, 0.1) is 5.92 Å². The Morgan fingerprint density at radius 3 is 2.41 bits per heavy atom. The van der Waals surface area contributed by atoms with Crippen LogP contribution in [-0.4, -0.2) is 34.3 Å². The number of hydrogen-bond acceptors (Lipinski definition) is 2. The highest BCUT2D eigenvalue weighted by Gasteiger charge is 2.53. The SMILES string of the molecule is CCC1CC1N1C(=O)C(C)(C)NC(=O)C1CC. The molecule has 1 saturated carbocycles. The number of rotatable bonds is 3. The van der Waals surface area contributed by atoms with Gasteiger partial charge in [0.25, 0.3) is 0 Å². The summed E-state index contributed by atoms with van der Waals surface area (Å²) in [5.41, 5.74) is -0.746. The number of nitrogens with zero attached hydrogens (tertiary/aromatic N) is 1. The number of carbonyl (C=O) groups excluding carboxylic acids is 2. The largest absolute Gasteiger partial charge is 0.340 e. The molecule has 4 heteroatoms. The highest BCUT2D eigenvalue weighted by atomic mass is 16.2. The van der Waals surface area contributed by atoms with Gasteiger partial charge in [-0.3, -0.25) is 9.59 Å². The van der Waals surface area contributed by atoms with Gasteiger partial charge in [0.15, 0.2) is 0 Å². The minimum atomic E-state index is -0.746. The Kier molecular flexibility index (Phi) is 2.92. The zero-order chi connectivity index (χ0) is 12.8. The summed E-state index contributed by atoms with van der Waals surface area (Å²) in [4.78, 5) is 26.3. The zero-order valence-electron chi connectivity index (χ0n) is 11.1. The van der Waals surface area contributed by atoms with Gasteiger partial charge in [0.05, 0.1) is 0 Å². The van der Waals surface area contributed by atoms with Crippen LogP contribution in [0.3, 0.4) is 0 Å². The normalized spacial score (nSPS) is 35.8. The van der Waals surface area contributed by atoms with Crippen LogP contribution >= 0.6 is 0 Å². The molecule has 2 aliphatic rings. The number of nitrogens with one attached hydrogen (secondary N) is 1. The molecule has 2 fully saturated rings. The smallest absolute Gasteiger partial charge is 0.248 e. The van der Waals surface area contributed by atoms with Crippen LogP contribution in [0.15, 0.2) is 0 Å². The van der Waals surface area contributed by atoms with Gasteiger partial charge in [0.2, 0.25) is 11.8 Å². The number of piperazine rings is 1. The Morgan fingerprint density at radius 1 is 1.29 bits per heavy atom. The summed E-state index contributed by atoms with van der Waals surface area (Å²) >= 11 is 0. The second-order valence-electron chi connectivity index (χ2n) is 5.72. The number of carbonyl (C=O) groups is 2. The molecule has 0 aromatic heterocycles. The summed E-state index contributed by atoms with van der Waals surface area (Å²) in [5.74, 6) is 0.665. The minimum Gasteiger partial charge on any atom is -0.340 e. The third-order valence-electron chi connectivity index (χ3n) is 4.00. The fourth-order valence-corrected chi connectivity index (χ4v) is 2.81. The van der Waals surface area contributed by atoms with E-state index in [1.165, 1.54) is 0 Å². The molecular weight excluding hydrogens is 216 g/mol. The van der Waals surface area contributed by atoms with E-state index in [0.29, 0.717) is 18.4 Å². The van der Waals surface area contributed by atoms with E-state index < -0.39 is 5.54 Å². The molecule has 1 N–H and O–H groups in total. The molecule has 0 aromatic rings. The average molecular weight is 238 g/mol. The maximum absolute atomic E-state index is 12.4. The van der Waals surface area contributed by atoms with E-state index in [1.807, 2.05) is 11.8 Å². The van der Waals surface area contributed by atoms with Crippen molar-refractivity contribution in [2.24, 2.45) is 5.92 Å². The fourth-order valence-electron chi connectivity index (χ4n) is 2.81. The molecule has 0 radical (unpaired) electrons. The molecule has 0 spiro atoms. The molecule has 1 heterocycles. The van der Waals surface area contributed by atoms with E-state index in [9.17, 15) is 9.59 Å². The van der Waals surface area contributed by atoms with Crippen LogP contribution in [0.25, 0.3) is 0 Å². The summed E-state index contributed by atoms with van der Waals surface area (Å²) in [6.07, 6.45) is 2.84. The quantitative estimate of drug-likeness (QED) is 0.805. The average Bonchev–Trinajstić information content (AvgIpc) is 3.01. The first-order valence-electron chi connectivity index (χ1n) is 6.57. The van der Waals surface area contributed by atoms with Gasteiger partial charge in [-0.2, -0.15) is 0 Å². The third kappa shape index (κ3) is 1.94. The van der Waals surface area contributed by atoms with E-state index in [0.717, 1.165) is 12.8 Å². The topological polar surface area (TPSA) is 49.4 Å². The standard InChI is InChI=1S/C13H22N2O2/c1-5-8-7-10(8)15-9(6-2)11(16)14-13(3,4)12(15)17/h8-10H,5-7H2,1-4H3,(H,14,16). The summed E-state index contributed by atoms with van der Waals surface area (Å²) in [6.45, 7) is 7.68. The molecule has 0 aromatic carbocycles. The Labute approximate surface area is 103 Å². The van der Waals surface area contributed by atoms with E-state index in [-0.39, 0.29) is 17.9 Å². The first-order chi connectivity index (χ1) is 7.92. The third-order valence-corrected chi connectivity index (χ3v) is 4.00. The van der Waals surface area contributed by atoms with Crippen molar-refractivity contribution in [2.45, 2.75) is 64.6 Å². The first kappa shape index (κ1) is 12.4. The summed E-state index contributed by atoms with van der Waals surface area (Å²) in [6, 6.07) is 0.0276. The summed E-state index contributed by atoms with van der Waals surface area (Å²) in [7, 11) is 0. The van der Waals surface area contributed by atoms with Crippen LogP contribution < -0.4 is 5.32 Å². The van der Waals surface area contributed by atoms with Gasteiger partial charge in [-0.05, 0) is 32.6 Å². The van der Waals surface area contributed by atoms with Crippen molar-refractivity contribution in [1.29, 1.82) is 0 Å². The molecule has 0 bridgehead atoms. The lowest BCUT2D eigenvalue weighted by Gasteiger charge is -2.43. The van der Waals surface area contributed by atoms with Crippen molar-refractivity contribution in [3.63, 3.8) is 0 Å². The molecule has 1 aliphatic heterocycles. The predicted molar refractivity (Wildman–Crippen MR) is 65.3 cm³/mol. The molecule has 4 nitrogen and oxygen atoms in total. The van der Waals surface area contributed by atoms with Crippen molar-refractivity contribution >= 4 is 11.8 Å². The predicted octanol–water partition coefficient (Wildman–Crippen LogP) is 1.30. The lowest BCUT2D eigenvalue weighted by molar-refractivity contribution is -0.154. The molecule has 96 valence electrons. The molecule has 1 saturated heterocycles. The van der Waals surface area contributed by atoms with Gasteiger partial charge in [0.1, 0.15) is 11.6 Å². The van der Waals surface area contributed by atoms with Gasteiger partial charge in [0, 0.05) is 6.04 Å². The minimum absolute atomic E-state index is 0.00106. The Hall–Kier alpha value is -1.06.